The molecule has 0 aromatic rings. The zero-order valence-electron chi connectivity index (χ0n) is 37.1. The fourth-order valence-corrected chi connectivity index (χ4v) is 4.93. The third kappa shape index (κ3) is 44.6. The zero-order valence-corrected chi connectivity index (χ0v) is 40.2. The summed E-state index contributed by atoms with van der Waals surface area (Å²) in [6.07, 6.45) is 62.4. The minimum atomic E-state index is -0.702. The van der Waals surface area contributed by atoms with Crippen LogP contribution in [0.3, 0.4) is 0 Å². The van der Waals surface area contributed by atoms with E-state index in [9.17, 15) is 9.59 Å². The number of aliphatic carboxylic acids is 1. The molecule has 0 saturated carbocycles. The fraction of sp³-hybridized carbons (Fsp3) is 0.560. The molecule has 6 heteroatoms. The van der Waals surface area contributed by atoms with E-state index in [0.29, 0.717) is 6.61 Å². The van der Waals surface area contributed by atoms with E-state index in [1.165, 1.54) is 0 Å². The van der Waals surface area contributed by atoms with Gasteiger partial charge in [0.25, 0.3) is 0 Å². The van der Waals surface area contributed by atoms with Crippen molar-refractivity contribution in [3.63, 3.8) is 0 Å². The number of carbonyl (C=O) groups is 2. The molecule has 0 unspecified atom stereocenters. The van der Waals surface area contributed by atoms with Gasteiger partial charge in [0.2, 0.25) is 0 Å². The standard InChI is InChI=1S/C26H42O2.C24H38O2.K.H2O/c1-5-7-8-9-10-11-12-13-14-15-16-17-18-19-20-21-22-23-24-26(3,4)25(27)28-6-2;1-4-5-6-7-8-9-10-11-12-13-14-15-16-17-18-19-20-21-22-24(2,3)23(25)26;;/h7-8,10-11,13-14,16-17,19-20H,5-6,9,12,15,18,21-24H2,1-4H3;5-6,8-9,11-12,14-15,17-18H,4,7,10,13,16,19-22H2,1-3H3,(H,25,26);;1H2/q;;+1;/p-1/b8-7-,11-10-,14-13-,17-16-,20-19-;6-5-,9-8-,12-11-,15-14-,18-17-;;. The Morgan fingerprint density at radius 3 is 0.982 bits per heavy atom. The van der Waals surface area contributed by atoms with Gasteiger partial charge in [-0.05, 0) is 137 Å². The van der Waals surface area contributed by atoms with Gasteiger partial charge in [0.1, 0.15) is 0 Å². The Balaban J connectivity index is -0.000000467. The van der Waals surface area contributed by atoms with Gasteiger partial charge in [-0.15, -0.1) is 0 Å². The number of ether oxygens (including phenoxy) is 1. The summed E-state index contributed by atoms with van der Waals surface area (Å²) in [5, 5.41) is 9.05. The second-order valence-electron chi connectivity index (χ2n) is 14.7. The maximum atomic E-state index is 11.8. The predicted molar refractivity (Wildman–Crippen MR) is 240 cm³/mol. The largest absolute Gasteiger partial charge is 1.00 e. The second kappa shape index (κ2) is 45.6. The molecule has 0 aromatic carbocycles. The maximum absolute atomic E-state index is 11.8. The minimum absolute atomic E-state index is 0. The van der Waals surface area contributed by atoms with Crippen LogP contribution in [0.1, 0.15) is 164 Å². The number of allylic oxidation sites excluding steroid dienone is 20. The second-order valence-corrected chi connectivity index (χ2v) is 14.7. The van der Waals surface area contributed by atoms with Gasteiger partial charge in [0.15, 0.2) is 0 Å². The summed E-state index contributed by atoms with van der Waals surface area (Å²) in [5.41, 5.74) is -0.959. The number of unbranched alkanes of at least 4 members (excludes halogenated alkanes) is 4. The van der Waals surface area contributed by atoms with E-state index in [1.807, 2.05) is 20.8 Å². The van der Waals surface area contributed by atoms with Crippen molar-refractivity contribution >= 4 is 11.9 Å². The molecule has 0 fully saturated rings. The molecule has 5 nitrogen and oxygen atoms in total. The topological polar surface area (TPSA) is 93.6 Å². The van der Waals surface area contributed by atoms with Crippen LogP contribution in [-0.4, -0.2) is 29.1 Å². The first-order valence-corrected chi connectivity index (χ1v) is 21.0. The Bertz CT molecular complexity index is 1210. The molecule has 0 atom stereocenters. The Labute approximate surface area is 387 Å². The summed E-state index contributed by atoms with van der Waals surface area (Å²) < 4.78 is 5.12. The smallest absolute Gasteiger partial charge is 0.870 e. The van der Waals surface area contributed by atoms with Crippen molar-refractivity contribution in [2.75, 3.05) is 6.61 Å². The summed E-state index contributed by atoms with van der Waals surface area (Å²) in [4.78, 5) is 22.8. The van der Waals surface area contributed by atoms with Crippen LogP contribution in [0.15, 0.2) is 122 Å². The molecule has 0 radical (unpaired) electrons. The molecule has 0 aliphatic rings. The molecular formula is C50H81KO5. The van der Waals surface area contributed by atoms with Crippen molar-refractivity contribution in [2.45, 2.75) is 164 Å². The first kappa shape index (κ1) is 60.6. The molecule has 0 saturated heterocycles. The van der Waals surface area contributed by atoms with Crippen molar-refractivity contribution < 1.29 is 76.3 Å². The molecule has 0 spiro atoms. The molecule has 0 aromatic heterocycles. The van der Waals surface area contributed by atoms with Crippen molar-refractivity contribution in [3.05, 3.63) is 122 Å². The van der Waals surface area contributed by atoms with Crippen LogP contribution >= 0.6 is 0 Å². The average molecular weight is 801 g/mol. The molecule has 0 bridgehead atoms. The van der Waals surface area contributed by atoms with E-state index >= 15 is 0 Å². The van der Waals surface area contributed by atoms with E-state index in [0.717, 1.165) is 116 Å². The van der Waals surface area contributed by atoms with Crippen LogP contribution in [0, 0.1) is 10.8 Å². The SMILES string of the molecule is CC/C=C\C/C=C\C/C=C\C/C=C\C/C=C\CCCCC(C)(C)C(=O)O.CC/C=C\C/C=C\C/C=C\C/C=C\C/C=C\CCCCC(C)(C)C(=O)OCC.[K+].[OH-]. The maximum Gasteiger partial charge on any atom is 1.00 e. The summed E-state index contributed by atoms with van der Waals surface area (Å²) >= 11 is 0. The molecule has 2 N–H and O–H groups in total. The van der Waals surface area contributed by atoms with Gasteiger partial charge in [0.05, 0.1) is 17.4 Å². The number of esters is 1. The van der Waals surface area contributed by atoms with Gasteiger partial charge in [-0.1, -0.05) is 148 Å². The monoisotopic (exact) mass is 801 g/mol. The Hall–Kier alpha value is -2.06. The fourth-order valence-electron chi connectivity index (χ4n) is 4.93. The van der Waals surface area contributed by atoms with Gasteiger partial charge in [-0.2, -0.15) is 0 Å². The molecule has 0 aliphatic carbocycles. The van der Waals surface area contributed by atoms with E-state index in [1.54, 1.807) is 13.8 Å². The molecule has 0 aliphatic heterocycles. The minimum Gasteiger partial charge on any atom is -0.870 e. The first-order chi connectivity index (χ1) is 26.0. The van der Waals surface area contributed by atoms with E-state index in [2.05, 4.69) is 135 Å². The summed E-state index contributed by atoms with van der Waals surface area (Å²) in [6.45, 7) is 14.2. The molecule has 312 valence electrons. The molecule has 0 rings (SSSR count). The van der Waals surface area contributed by atoms with Crippen LogP contribution < -0.4 is 51.4 Å². The van der Waals surface area contributed by atoms with Gasteiger partial charge >= 0.3 is 63.3 Å². The molecular weight excluding hydrogens is 720 g/mol. The van der Waals surface area contributed by atoms with Crippen LogP contribution in [0.2, 0.25) is 0 Å². The normalized spacial score (nSPS) is 12.8. The van der Waals surface area contributed by atoms with Gasteiger partial charge < -0.3 is 15.3 Å². The quantitative estimate of drug-likeness (QED) is 0.0326. The Kier molecular flexibility index (Phi) is 49.4. The number of carboxylic acids is 1. The predicted octanol–water partition coefficient (Wildman–Crippen LogP) is 12.1. The van der Waals surface area contributed by atoms with E-state index in [4.69, 9.17) is 9.84 Å². The van der Waals surface area contributed by atoms with Crippen molar-refractivity contribution in [1.29, 1.82) is 0 Å². The summed E-state index contributed by atoms with van der Waals surface area (Å²) in [5.74, 6) is -0.780. The molecule has 0 amide bonds. The number of carboxylic acid groups (broad SMARTS) is 1. The molecule has 0 heterocycles. The Morgan fingerprint density at radius 2 is 0.714 bits per heavy atom. The van der Waals surface area contributed by atoms with Crippen LogP contribution in [0.25, 0.3) is 0 Å². The van der Waals surface area contributed by atoms with Gasteiger partial charge in [-0.25, -0.2) is 0 Å². The summed E-state index contributed by atoms with van der Waals surface area (Å²) in [6, 6.07) is 0. The van der Waals surface area contributed by atoms with Crippen LogP contribution in [-0.2, 0) is 14.3 Å². The van der Waals surface area contributed by atoms with Crippen molar-refractivity contribution in [1.82, 2.24) is 0 Å². The first-order valence-electron chi connectivity index (χ1n) is 21.0. The van der Waals surface area contributed by atoms with Crippen LogP contribution in [0.5, 0.6) is 0 Å². The van der Waals surface area contributed by atoms with Gasteiger partial charge in [0, 0.05) is 0 Å². The van der Waals surface area contributed by atoms with Gasteiger partial charge in [-0.3, -0.25) is 9.59 Å². The van der Waals surface area contributed by atoms with Crippen molar-refractivity contribution in [3.8, 4) is 0 Å². The zero-order chi connectivity index (χ0) is 40.4. The third-order valence-electron chi connectivity index (χ3n) is 8.57. The number of hydrogen-bond donors (Lipinski definition) is 1. The van der Waals surface area contributed by atoms with E-state index in [-0.39, 0.29) is 68.2 Å². The third-order valence-corrected chi connectivity index (χ3v) is 8.57. The van der Waals surface area contributed by atoms with Crippen LogP contribution in [0.4, 0.5) is 0 Å². The Morgan fingerprint density at radius 1 is 0.446 bits per heavy atom. The average Bonchev–Trinajstić information content (AvgIpc) is 3.14. The van der Waals surface area contributed by atoms with E-state index < -0.39 is 11.4 Å². The number of hydrogen-bond acceptors (Lipinski definition) is 4. The van der Waals surface area contributed by atoms with Crippen molar-refractivity contribution in [2.24, 2.45) is 10.8 Å². The number of rotatable bonds is 31. The summed E-state index contributed by atoms with van der Waals surface area (Å²) in [7, 11) is 0. The number of carbonyl (C=O) groups excluding carboxylic acids is 1. The molecule has 56 heavy (non-hydrogen) atoms.